The summed E-state index contributed by atoms with van der Waals surface area (Å²) in [6.07, 6.45) is 6.49. The third kappa shape index (κ3) is 4.22. The molecule has 0 rings (SSSR count). The van der Waals surface area contributed by atoms with Crippen molar-refractivity contribution in [2.24, 2.45) is 11.3 Å². The van der Waals surface area contributed by atoms with Crippen LogP contribution in [0.4, 0.5) is 0 Å². The van der Waals surface area contributed by atoms with Crippen molar-refractivity contribution in [3.05, 3.63) is 24.4 Å². The molecule has 0 aromatic heterocycles. The maximum atomic E-state index is 3.79. The number of allylic oxidation sites excluding steroid dienone is 3. The Balaban J connectivity index is 4.95. The third-order valence-corrected chi connectivity index (χ3v) is 4.38. The molecule has 0 saturated carbocycles. The summed E-state index contributed by atoms with van der Waals surface area (Å²) in [6.45, 7) is 19.8. The molecule has 0 atom stereocenters. The van der Waals surface area contributed by atoms with Crippen LogP contribution in [-0.4, -0.2) is 18.0 Å². The Morgan fingerprint density at radius 3 is 2.06 bits per heavy atom. The lowest BCUT2D eigenvalue weighted by molar-refractivity contribution is 0.111. The largest absolute Gasteiger partial charge is 0.375 e. The van der Waals surface area contributed by atoms with E-state index in [2.05, 4.69) is 59.1 Å². The first-order valence-electron chi connectivity index (χ1n) is 7.01. The minimum Gasteiger partial charge on any atom is -0.375 e. The van der Waals surface area contributed by atoms with E-state index < -0.39 is 0 Å². The summed E-state index contributed by atoms with van der Waals surface area (Å²) in [6, 6.07) is 0. The molecular formula is C16H31N. The SMILES string of the molecule is C=C/C=C(\C)N(CC)CC(CC)(CC)C(C)C. The summed E-state index contributed by atoms with van der Waals surface area (Å²) in [5.74, 6) is 0.725. The topological polar surface area (TPSA) is 3.24 Å². The van der Waals surface area contributed by atoms with E-state index in [9.17, 15) is 0 Å². The molecule has 0 saturated heterocycles. The normalized spacial score (nSPS) is 13.0. The molecule has 0 bridgehead atoms. The van der Waals surface area contributed by atoms with Gasteiger partial charge in [0.1, 0.15) is 0 Å². The zero-order chi connectivity index (χ0) is 13.5. The van der Waals surface area contributed by atoms with Crippen LogP contribution in [-0.2, 0) is 0 Å². The van der Waals surface area contributed by atoms with Gasteiger partial charge in [-0.15, -0.1) is 0 Å². The molecule has 0 radical (unpaired) electrons. The molecule has 1 heteroatoms. The minimum atomic E-state index is 0.437. The Hall–Kier alpha value is -0.720. The van der Waals surface area contributed by atoms with Crippen molar-refractivity contribution in [2.45, 2.75) is 54.4 Å². The smallest absolute Gasteiger partial charge is 0.0233 e. The van der Waals surface area contributed by atoms with E-state index in [1.165, 1.54) is 18.5 Å². The highest BCUT2D eigenvalue weighted by atomic mass is 15.1. The lowest BCUT2D eigenvalue weighted by Crippen LogP contribution is -2.39. The van der Waals surface area contributed by atoms with Crippen LogP contribution in [0.25, 0.3) is 0 Å². The van der Waals surface area contributed by atoms with Gasteiger partial charge in [-0.2, -0.15) is 0 Å². The molecule has 0 aromatic rings. The average molecular weight is 237 g/mol. The summed E-state index contributed by atoms with van der Waals surface area (Å²) in [5, 5.41) is 0. The zero-order valence-corrected chi connectivity index (χ0v) is 12.7. The summed E-state index contributed by atoms with van der Waals surface area (Å²) < 4.78 is 0. The quantitative estimate of drug-likeness (QED) is 0.545. The average Bonchev–Trinajstić information content (AvgIpc) is 2.31. The van der Waals surface area contributed by atoms with Crippen LogP contribution in [0, 0.1) is 11.3 Å². The Bertz CT molecular complexity index is 246. The molecule has 0 spiro atoms. The summed E-state index contributed by atoms with van der Waals surface area (Å²) in [7, 11) is 0. The molecule has 17 heavy (non-hydrogen) atoms. The van der Waals surface area contributed by atoms with Crippen LogP contribution in [0.5, 0.6) is 0 Å². The summed E-state index contributed by atoms with van der Waals surface area (Å²) in [4.78, 5) is 2.48. The first-order valence-corrected chi connectivity index (χ1v) is 7.01. The number of rotatable bonds is 8. The maximum absolute atomic E-state index is 3.79. The predicted molar refractivity (Wildman–Crippen MR) is 79.1 cm³/mol. The molecule has 0 aliphatic rings. The fraction of sp³-hybridized carbons (Fsp3) is 0.750. The third-order valence-electron chi connectivity index (χ3n) is 4.38. The van der Waals surface area contributed by atoms with Crippen molar-refractivity contribution in [2.75, 3.05) is 13.1 Å². The summed E-state index contributed by atoms with van der Waals surface area (Å²) >= 11 is 0. The van der Waals surface area contributed by atoms with Crippen LogP contribution in [0.2, 0.25) is 0 Å². The van der Waals surface area contributed by atoms with Crippen LogP contribution in [0.1, 0.15) is 54.4 Å². The van der Waals surface area contributed by atoms with Gasteiger partial charge in [0.15, 0.2) is 0 Å². The van der Waals surface area contributed by atoms with Crippen molar-refractivity contribution in [1.82, 2.24) is 4.90 Å². The van der Waals surface area contributed by atoms with Gasteiger partial charge in [0.25, 0.3) is 0 Å². The van der Waals surface area contributed by atoms with Gasteiger partial charge in [0, 0.05) is 18.8 Å². The van der Waals surface area contributed by atoms with Gasteiger partial charge in [-0.3, -0.25) is 0 Å². The molecule has 0 N–H and O–H groups in total. The van der Waals surface area contributed by atoms with E-state index in [0.717, 1.165) is 19.0 Å². The molecule has 0 aromatic carbocycles. The second kappa shape index (κ2) is 7.58. The minimum absolute atomic E-state index is 0.437. The zero-order valence-electron chi connectivity index (χ0n) is 12.7. The second-order valence-electron chi connectivity index (χ2n) is 5.28. The van der Waals surface area contributed by atoms with E-state index in [4.69, 9.17) is 0 Å². The highest BCUT2D eigenvalue weighted by Crippen LogP contribution is 2.36. The van der Waals surface area contributed by atoms with E-state index in [-0.39, 0.29) is 0 Å². The van der Waals surface area contributed by atoms with Crippen LogP contribution in [0.15, 0.2) is 24.4 Å². The molecule has 0 unspecified atom stereocenters. The molecule has 0 amide bonds. The first kappa shape index (κ1) is 16.3. The van der Waals surface area contributed by atoms with Crippen molar-refractivity contribution in [3.63, 3.8) is 0 Å². The van der Waals surface area contributed by atoms with Crippen LogP contribution >= 0.6 is 0 Å². The van der Waals surface area contributed by atoms with Gasteiger partial charge in [-0.05, 0) is 44.1 Å². The van der Waals surface area contributed by atoms with Gasteiger partial charge < -0.3 is 4.90 Å². The van der Waals surface area contributed by atoms with Gasteiger partial charge in [-0.25, -0.2) is 0 Å². The monoisotopic (exact) mass is 237 g/mol. The highest BCUT2D eigenvalue weighted by Gasteiger charge is 2.31. The van der Waals surface area contributed by atoms with E-state index in [0.29, 0.717) is 5.41 Å². The Kier molecular flexibility index (Phi) is 7.26. The molecule has 0 fully saturated rings. The molecule has 0 heterocycles. The van der Waals surface area contributed by atoms with Crippen LogP contribution in [0.3, 0.4) is 0 Å². The predicted octanol–water partition coefficient (Wildman–Crippen LogP) is 4.86. The number of nitrogens with zero attached hydrogens (tertiary/aromatic N) is 1. The molecule has 0 aliphatic carbocycles. The van der Waals surface area contributed by atoms with Gasteiger partial charge >= 0.3 is 0 Å². The van der Waals surface area contributed by atoms with E-state index in [1.54, 1.807) is 0 Å². The lowest BCUT2D eigenvalue weighted by Gasteiger charge is -2.41. The fourth-order valence-electron chi connectivity index (χ4n) is 2.61. The molecular weight excluding hydrogens is 206 g/mol. The van der Waals surface area contributed by atoms with Crippen molar-refractivity contribution >= 4 is 0 Å². The Labute approximate surface area is 109 Å². The lowest BCUT2D eigenvalue weighted by atomic mass is 9.72. The Morgan fingerprint density at radius 2 is 1.76 bits per heavy atom. The van der Waals surface area contributed by atoms with E-state index in [1.807, 2.05) is 6.08 Å². The standard InChI is InChI=1S/C16H31N/c1-8-12-15(7)17(11-4)13-16(9-2,10-3)14(5)6/h8,12,14H,1,9-11,13H2,2-7H3/b15-12+. The van der Waals surface area contributed by atoms with Gasteiger partial charge in [0.2, 0.25) is 0 Å². The second-order valence-corrected chi connectivity index (χ2v) is 5.28. The van der Waals surface area contributed by atoms with Crippen molar-refractivity contribution in [1.29, 1.82) is 0 Å². The number of hydrogen-bond acceptors (Lipinski definition) is 1. The van der Waals surface area contributed by atoms with Gasteiger partial charge in [-0.1, -0.05) is 40.3 Å². The summed E-state index contributed by atoms with van der Waals surface area (Å²) in [5.41, 5.74) is 1.76. The highest BCUT2D eigenvalue weighted by molar-refractivity contribution is 5.07. The maximum Gasteiger partial charge on any atom is 0.0233 e. The van der Waals surface area contributed by atoms with Crippen molar-refractivity contribution < 1.29 is 0 Å². The molecule has 1 nitrogen and oxygen atoms in total. The van der Waals surface area contributed by atoms with Gasteiger partial charge in [0.05, 0.1) is 0 Å². The number of hydrogen-bond donors (Lipinski definition) is 0. The molecule has 0 aliphatic heterocycles. The molecule has 100 valence electrons. The van der Waals surface area contributed by atoms with Crippen LogP contribution < -0.4 is 0 Å². The van der Waals surface area contributed by atoms with E-state index >= 15 is 0 Å². The fourth-order valence-corrected chi connectivity index (χ4v) is 2.61. The van der Waals surface area contributed by atoms with Crippen molar-refractivity contribution in [3.8, 4) is 0 Å². The first-order chi connectivity index (χ1) is 7.97. The Morgan fingerprint density at radius 1 is 1.24 bits per heavy atom.